The van der Waals surface area contributed by atoms with Crippen LogP contribution in [0.25, 0.3) is 10.8 Å². The molecule has 0 radical (unpaired) electrons. The van der Waals surface area contributed by atoms with E-state index in [4.69, 9.17) is 0 Å². The van der Waals surface area contributed by atoms with E-state index in [2.05, 4.69) is 41.5 Å². The number of hydrogen-bond acceptors (Lipinski definition) is 2. The molecule has 1 aliphatic rings. The monoisotopic (exact) mass is 240 g/mol. The number of nitrogens with one attached hydrogen (secondary N) is 1. The molecule has 1 aromatic heterocycles. The van der Waals surface area contributed by atoms with E-state index < -0.39 is 0 Å². The van der Waals surface area contributed by atoms with Gasteiger partial charge in [-0.15, -0.1) is 0 Å². The molecular weight excluding hydrogens is 220 g/mol. The molecule has 1 N–H and O–H groups in total. The summed E-state index contributed by atoms with van der Waals surface area (Å²) >= 11 is 0. The minimum absolute atomic E-state index is 0.762. The van der Waals surface area contributed by atoms with Gasteiger partial charge in [-0.2, -0.15) is 0 Å². The van der Waals surface area contributed by atoms with Gasteiger partial charge in [-0.1, -0.05) is 25.5 Å². The van der Waals surface area contributed by atoms with E-state index in [9.17, 15) is 0 Å². The van der Waals surface area contributed by atoms with Gasteiger partial charge in [-0.3, -0.25) is 4.98 Å². The fourth-order valence-corrected chi connectivity index (χ4v) is 2.68. The molecule has 0 aliphatic heterocycles. The van der Waals surface area contributed by atoms with E-state index in [0.29, 0.717) is 0 Å². The fraction of sp³-hybridized carbons (Fsp3) is 0.438. The molecule has 2 unspecified atom stereocenters. The van der Waals surface area contributed by atoms with Crippen LogP contribution in [0.3, 0.4) is 0 Å². The highest BCUT2D eigenvalue weighted by Gasteiger charge is 2.35. The summed E-state index contributed by atoms with van der Waals surface area (Å²) in [6, 6.07) is 9.47. The van der Waals surface area contributed by atoms with Crippen molar-refractivity contribution in [2.24, 2.45) is 5.92 Å². The van der Waals surface area contributed by atoms with Crippen molar-refractivity contribution in [3.05, 3.63) is 42.2 Å². The number of fused-ring (bicyclic) bond motifs is 1. The molecule has 0 amide bonds. The van der Waals surface area contributed by atoms with Crippen molar-refractivity contribution >= 4 is 10.8 Å². The van der Waals surface area contributed by atoms with Gasteiger partial charge in [0, 0.05) is 30.4 Å². The van der Waals surface area contributed by atoms with Gasteiger partial charge in [0.1, 0.15) is 0 Å². The maximum Gasteiger partial charge on any atom is 0.0346 e. The Morgan fingerprint density at radius 1 is 1.28 bits per heavy atom. The van der Waals surface area contributed by atoms with Gasteiger partial charge in [0.2, 0.25) is 0 Å². The second-order valence-electron chi connectivity index (χ2n) is 5.33. The number of nitrogens with zero attached hydrogens (tertiary/aromatic N) is 1. The van der Waals surface area contributed by atoms with Gasteiger partial charge >= 0.3 is 0 Å². The molecule has 3 rings (SSSR count). The van der Waals surface area contributed by atoms with Crippen LogP contribution >= 0.6 is 0 Å². The quantitative estimate of drug-likeness (QED) is 0.865. The molecule has 0 bridgehead atoms. The maximum atomic E-state index is 4.14. The lowest BCUT2D eigenvalue weighted by atomic mass is 10.1. The molecule has 94 valence electrons. The van der Waals surface area contributed by atoms with Crippen molar-refractivity contribution in [3.63, 3.8) is 0 Å². The molecule has 2 aromatic rings. The van der Waals surface area contributed by atoms with Crippen molar-refractivity contribution < 1.29 is 0 Å². The van der Waals surface area contributed by atoms with Gasteiger partial charge in [-0.05, 0) is 41.8 Å². The Balaban J connectivity index is 1.61. The molecule has 1 aliphatic carbocycles. The summed E-state index contributed by atoms with van der Waals surface area (Å²) in [7, 11) is 0. The Bertz CT molecular complexity index is 535. The fourth-order valence-electron chi connectivity index (χ4n) is 2.68. The zero-order chi connectivity index (χ0) is 12.4. The highest BCUT2D eigenvalue weighted by atomic mass is 15.0. The smallest absolute Gasteiger partial charge is 0.0346 e. The number of rotatable bonds is 5. The predicted octanol–water partition coefficient (Wildman–Crippen LogP) is 3.51. The first kappa shape index (κ1) is 11.7. The normalized spacial score (nSPS) is 22.3. The summed E-state index contributed by atoms with van der Waals surface area (Å²) in [4.78, 5) is 4.14. The lowest BCUT2D eigenvalue weighted by Crippen LogP contribution is -2.17. The molecule has 1 heterocycles. The zero-order valence-corrected chi connectivity index (χ0v) is 10.9. The third-order valence-corrected chi connectivity index (χ3v) is 3.86. The lowest BCUT2D eigenvalue weighted by Gasteiger charge is -2.05. The summed E-state index contributed by atoms with van der Waals surface area (Å²) in [6.07, 6.45) is 7.83. The first-order valence-electron chi connectivity index (χ1n) is 6.93. The Labute approximate surface area is 108 Å². The van der Waals surface area contributed by atoms with Crippen LogP contribution in [0.5, 0.6) is 0 Å². The summed E-state index contributed by atoms with van der Waals surface area (Å²) in [5.41, 5.74) is 1.37. The van der Waals surface area contributed by atoms with Crippen molar-refractivity contribution in [2.75, 3.05) is 0 Å². The van der Waals surface area contributed by atoms with E-state index in [1.165, 1.54) is 35.6 Å². The molecule has 0 spiro atoms. The number of pyridine rings is 1. The first-order chi connectivity index (χ1) is 8.86. The minimum atomic E-state index is 0.762. The molecule has 0 saturated heterocycles. The van der Waals surface area contributed by atoms with E-state index in [1.54, 1.807) is 0 Å². The molecule has 1 saturated carbocycles. The van der Waals surface area contributed by atoms with Crippen LogP contribution in [0, 0.1) is 5.92 Å². The van der Waals surface area contributed by atoms with Gasteiger partial charge in [-0.25, -0.2) is 0 Å². The van der Waals surface area contributed by atoms with Gasteiger partial charge < -0.3 is 5.32 Å². The number of aromatic nitrogens is 1. The highest BCUT2D eigenvalue weighted by molar-refractivity contribution is 5.81. The maximum absolute atomic E-state index is 4.14. The summed E-state index contributed by atoms with van der Waals surface area (Å²) in [5.74, 6) is 0.930. The van der Waals surface area contributed by atoms with Crippen LogP contribution in [-0.4, -0.2) is 11.0 Å². The Morgan fingerprint density at radius 3 is 3.11 bits per heavy atom. The standard InChI is InChI=1S/C16H20N2/c1-2-3-14-9-16(14)18-10-12-4-5-15-11-17-7-6-13(15)8-12/h4-8,11,14,16,18H,2-3,9-10H2,1H3. The average molecular weight is 240 g/mol. The summed E-state index contributed by atoms with van der Waals surface area (Å²) < 4.78 is 0. The second kappa shape index (κ2) is 5.07. The van der Waals surface area contributed by atoms with Crippen LogP contribution < -0.4 is 5.32 Å². The highest BCUT2D eigenvalue weighted by Crippen LogP contribution is 2.34. The predicted molar refractivity (Wildman–Crippen MR) is 75.4 cm³/mol. The SMILES string of the molecule is CCCC1CC1NCc1ccc2cnccc2c1. The Kier molecular flexibility index (Phi) is 3.28. The Morgan fingerprint density at radius 2 is 2.22 bits per heavy atom. The van der Waals surface area contributed by atoms with Crippen molar-refractivity contribution in [3.8, 4) is 0 Å². The van der Waals surface area contributed by atoms with Gasteiger partial charge in [0.15, 0.2) is 0 Å². The van der Waals surface area contributed by atoms with Gasteiger partial charge in [0.25, 0.3) is 0 Å². The number of hydrogen-bond donors (Lipinski definition) is 1. The van der Waals surface area contributed by atoms with E-state index in [0.717, 1.165) is 18.5 Å². The molecule has 1 aromatic carbocycles. The van der Waals surface area contributed by atoms with Crippen molar-refractivity contribution in [1.82, 2.24) is 10.3 Å². The van der Waals surface area contributed by atoms with E-state index in [-0.39, 0.29) is 0 Å². The van der Waals surface area contributed by atoms with Gasteiger partial charge in [0.05, 0.1) is 0 Å². The Hall–Kier alpha value is -1.41. The van der Waals surface area contributed by atoms with Crippen LogP contribution in [0.4, 0.5) is 0 Å². The zero-order valence-electron chi connectivity index (χ0n) is 10.9. The van der Waals surface area contributed by atoms with Crippen LogP contribution in [0.1, 0.15) is 31.7 Å². The molecular formula is C16H20N2. The second-order valence-corrected chi connectivity index (χ2v) is 5.33. The average Bonchev–Trinajstić information content (AvgIpc) is 3.15. The van der Waals surface area contributed by atoms with Crippen LogP contribution in [0.2, 0.25) is 0 Å². The summed E-state index contributed by atoms with van der Waals surface area (Å²) in [5, 5.41) is 6.16. The molecule has 2 atom stereocenters. The lowest BCUT2D eigenvalue weighted by molar-refractivity contribution is 0.599. The topological polar surface area (TPSA) is 24.9 Å². The minimum Gasteiger partial charge on any atom is -0.310 e. The molecule has 2 heteroatoms. The van der Waals surface area contributed by atoms with E-state index in [1.807, 2.05) is 12.4 Å². The van der Waals surface area contributed by atoms with Crippen molar-refractivity contribution in [2.45, 2.75) is 38.8 Å². The number of benzene rings is 1. The van der Waals surface area contributed by atoms with Crippen LogP contribution in [0.15, 0.2) is 36.7 Å². The van der Waals surface area contributed by atoms with E-state index >= 15 is 0 Å². The largest absolute Gasteiger partial charge is 0.310 e. The molecule has 2 nitrogen and oxygen atoms in total. The van der Waals surface area contributed by atoms with Crippen LogP contribution in [-0.2, 0) is 6.54 Å². The van der Waals surface area contributed by atoms with Crippen molar-refractivity contribution in [1.29, 1.82) is 0 Å². The molecule has 18 heavy (non-hydrogen) atoms. The summed E-state index contributed by atoms with van der Waals surface area (Å²) in [6.45, 7) is 3.26. The third kappa shape index (κ3) is 2.54. The first-order valence-corrected chi connectivity index (χ1v) is 6.93. The third-order valence-electron chi connectivity index (χ3n) is 3.86. The molecule has 1 fully saturated rings.